The minimum Gasteiger partial charge on any atom is -0.270 e. The minimum atomic E-state index is -0.249. The fraction of sp³-hybridized carbons (Fsp3) is 0. The highest BCUT2D eigenvalue weighted by atomic mass is 19.1. The van der Waals surface area contributed by atoms with Crippen molar-refractivity contribution in [2.45, 2.75) is 0 Å². The third-order valence-electron chi connectivity index (χ3n) is 5.68. The molecule has 0 radical (unpaired) electrons. The number of imidazole rings is 1. The van der Waals surface area contributed by atoms with Crippen LogP contribution in [0.15, 0.2) is 109 Å². The van der Waals surface area contributed by atoms with Gasteiger partial charge < -0.3 is 0 Å². The summed E-state index contributed by atoms with van der Waals surface area (Å²) in [6, 6.07) is 33.7. The van der Waals surface area contributed by atoms with Crippen LogP contribution in [-0.2, 0) is 0 Å². The van der Waals surface area contributed by atoms with Gasteiger partial charge in [-0.1, -0.05) is 60.7 Å². The highest BCUT2D eigenvalue weighted by molar-refractivity contribution is 6.04. The first-order valence-electron chi connectivity index (χ1n) is 10.2. The molecule has 3 nitrogen and oxygen atoms in total. The monoisotopic (exact) mass is 404 g/mol. The lowest BCUT2D eigenvalue weighted by molar-refractivity contribution is -0.493. The Labute approximate surface area is 178 Å². The Morgan fingerprint density at radius 1 is 0.742 bits per heavy atom. The van der Waals surface area contributed by atoms with Crippen molar-refractivity contribution in [2.24, 2.45) is 0 Å². The quantitative estimate of drug-likeness (QED) is 0.339. The summed E-state index contributed by atoms with van der Waals surface area (Å²) in [6.45, 7) is 0. The Kier molecular flexibility index (Phi) is 3.96. The molecule has 6 aromatic rings. The molecule has 4 heteroatoms. The number of rotatable bonds is 3. The molecule has 0 saturated heterocycles. The van der Waals surface area contributed by atoms with Gasteiger partial charge in [0, 0.05) is 17.0 Å². The molecular formula is C27H19FN3+. The summed E-state index contributed by atoms with van der Waals surface area (Å²) in [4.78, 5) is 0. The van der Waals surface area contributed by atoms with E-state index < -0.39 is 0 Å². The number of pyridine rings is 2. The molecule has 0 aliphatic heterocycles. The molecule has 0 atom stereocenters. The summed E-state index contributed by atoms with van der Waals surface area (Å²) in [5.41, 5.74) is 5.22. The maximum absolute atomic E-state index is 13.5. The normalized spacial score (nSPS) is 11.4. The van der Waals surface area contributed by atoms with Gasteiger partial charge in [-0.25, -0.2) is 13.2 Å². The number of nitrogens with zero attached hydrogens (tertiary/aromatic N) is 2. The number of halogens is 1. The summed E-state index contributed by atoms with van der Waals surface area (Å²) in [7, 11) is 0. The van der Waals surface area contributed by atoms with E-state index in [1.807, 2.05) is 18.2 Å². The van der Waals surface area contributed by atoms with Gasteiger partial charge in [0.1, 0.15) is 11.5 Å². The number of fused-ring (bicyclic) bond motifs is 5. The van der Waals surface area contributed by atoms with Gasteiger partial charge in [0.05, 0.1) is 11.9 Å². The molecule has 0 bridgehead atoms. The molecule has 148 valence electrons. The van der Waals surface area contributed by atoms with Crippen LogP contribution in [0, 0.1) is 5.82 Å². The van der Waals surface area contributed by atoms with Gasteiger partial charge in [-0.3, -0.25) is 5.32 Å². The highest BCUT2D eigenvalue weighted by Crippen LogP contribution is 2.34. The predicted molar refractivity (Wildman–Crippen MR) is 123 cm³/mol. The molecule has 0 aliphatic rings. The maximum atomic E-state index is 13.5. The second-order valence-corrected chi connectivity index (χ2v) is 7.58. The molecule has 0 spiro atoms. The van der Waals surface area contributed by atoms with Crippen LogP contribution in [-0.4, -0.2) is 4.40 Å². The van der Waals surface area contributed by atoms with Gasteiger partial charge in [-0.05, 0) is 41.8 Å². The minimum absolute atomic E-state index is 0.249. The lowest BCUT2D eigenvalue weighted by Crippen LogP contribution is -2.22. The Morgan fingerprint density at radius 2 is 1.48 bits per heavy atom. The molecule has 3 heterocycles. The summed E-state index contributed by atoms with van der Waals surface area (Å²) in [5, 5.41) is 5.86. The molecule has 1 N–H and O–H groups in total. The van der Waals surface area contributed by atoms with Gasteiger partial charge in [0.25, 0.3) is 5.82 Å². The fourth-order valence-electron chi connectivity index (χ4n) is 4.29. The number of hydrogen-bond donors (Lipinski definition) is 1. The van der Waals surface area contributed by atoms with Gasteiger partial charge >= 0.3 is 0 Å². The van der Waals surface area contributed by atoms with Gasteiger partial charge in [0.15, 0.2) is 5.52 Å². The molecule has 3 aromatic heterocycles. The molecule has 31 heavy (non-hydrogen) atoms. The zero-order chi connectivity index (χ0) is 20.8. The van der Waals surface area contributed by atoms with Crippen molar-refractivity contribution in [3.05, 3.63) is 115 Å². The van der Waals surface area contributed by atoms with Crippen LogP contribution in [0.5, 0.6) is 0 Å². The lowest BCUT2D eigenvalue weighted by atomic mass is 10.1. The van der Waals surface area contributed by atoms with E-state index in [1.54, 1.807) is 12.1 Å². The molecule has 0 saturated carbocycles. The standard InChI is InChI=1S/C27H19FN3/c28-21-13-15-22(16-14-21)29-27-26-23-11-5-4-10-20(23)18-24(19-8-2-1-3-9-19)31(26)25-12-6-7-17-30(25)27/h1-18,29H/q+1. The first-order valence-corrected chi connectivity index (χ1v) is 10.2. The van der Waals surface area contributed by atoms with Crippen LogP contribution in [0.25, 0.3) is 33.2 Å². The van der Waals surface area contributed by atoms with Gasteiger partial charge in [-0.15, -0.1) is 0 Å². The third-order valence-corrected chi connectivity index (χ3v) is 5.68. The highest BCUT2D eigenvalue weighted by Gasteiger charge is 2.24. The number of benzene rings is 3. The van der Waals surface area contributed by atoms with Crippen molar-refractivity contribution in [1.82, 2.24) is 4.40 Å². The number of aromatic nitrogens is 2. The SMILES string of the molecule is Fc1ccc(Nc2c3c4ccccc4cc(-c4ccccc4)n3c3cccc[n+]23)cc1. The molecule has 0 unspecified atom stereocenters. The number of hydrogen-bond acceptors (Lipinski definition) is 1. The lowest BCUT2D eigenvalue weighted by Gasteiger charge is -2.07. The first-order chi connectivity index (χ1) is 15.3. The van der Waals surface area contributed by atoms with E-state index in [2.05, 4.69) is 81.0 Å². The smallest absolute Gasteiger partial charge is 0.270 e. The first kappa shape index (κ1) is 17.7. The predicted octanol–water partition coefficient (Wildman–Crippen LogP) is 6.38. The van der Waals surface area contributed by atoms with Crippen molar-refractivity contribution >= 4 is 33.4 Å². The molecule has 0 aliphatic carbocycles. The van der Waals surface area contributed by atoms with E-state index in [0.717, 1.165) is 39.3 Å². The van der Waals surface area contributed by atoms with E-state index in [-0.39, 0.29) is 5.82 Å². The average Bonchev–Trinajstić information content (AvgIpc) is 3.15. The number of anilines is 2. The number of nitrogens with one attached hydrogen (secondary N) is 1. The average molecular weight is 404 g/mol. The second-order valence-electron chi connectivity index (χ2n) is 7.58. The Hall–Kier alpha value is -4.18. The summed E-state index contributed by atoms with van der Waals surface area (Å²) in [6.07, 6.45) is 2.05. The Balaban J connectivity index is 1.77. The maximum Gasteiger partial charge on any atom is 0.272 e. The van der Waals surface area contributed by atoms with Crippen LogP contribution < -0.4 is 9.72 Å². The molecular weight excluding hydrogens is 385 g/mol. The molecule has 3 aromatic carbocycles. The van der Waals surface area contributed by atoms with Crippen LogP contribution in [0.4, 0.5) is 15.9 Å². The van der Waals surface area contributed by atoms with Gasteiger partial charge in [0.2, 0.25) is 5.65 Å². The van der Waals surface area contributed by atoms with E-state index in [1.165, 1.54) is 17.5 Å². The Morgan fingerprint density at radius 3 is 2.32 bits per heavy atom. The Bertz CT molecular complexity index is 1550. The van der Waals surface area contributed by atoms with Crippen LogP contribution in [0.1, 0.15) is 0 Å². The summed E-state index contributed by atoms with van der Waals surface area (Å²) < 4.78 is 17.9. The van der Waals surface area contributed by atoms with Crippen molar-refractivity contribution in [3.63, 3.8) is 0 Å². The van der Waals surface area contributed by atoms with Crippen molar-refractivity contribution in [2.75, 3.05) is 5.32 Å². The molecule has 0 amide bonds. The van der Waals surface area contributed by atoms with E-state index in [4.69, 9.17) is 0 Å². The molecule has 6 rings (SSSR count). The topological polar surface area (TPSA) is 20.5 Å². The zero-order valence-corrected chi connectivity index (χ0v) is 16.7. The largest absolute Gasteiger partial charge is 0.272 e. The van der Waals surface area contributed by atoms with Crippen molar-refractivity contribution in [3.8, 4) is 11.3 Å². The van der Waals surface area contributed by atoms with E-state index >= 15 is 0 Å². The van der Waals surface area contributed by atoms with E-state index in [0.29, 0.717) is 0 Å². The van der Waals surface area contributed by atoms with E-state index in [9.17, 15) is 4.39 Å². The van der Waals surface area contributed by atoms with Crippen molar-refractivity contribution in [1.29, 1.82) is 0 Å². The van der Waals surface area contributed by atoms with Gasteiger partial charge in [-0.2, -0.15) is 0 Å². The van der Waals surface area contributed by atoms with Crippen LogP contribution in [0.3, 0.4) is 0 Å². The fourth-order valence-corrected chi connectivity index (χ4v) is 4.29. The third kappa shape index (κ3) is 2.84. The van der Waals surface area contributed by atoms with Crippen LogP contribution >= 0.6 is 0 Å². The molecule has 0 fully saturated rings. The van der Waals surface area contributed by atoms with Crippen molar-refractivity contribution < 1.29 is 8.79 Å². The van der Waals surface area contributed by atoms with Crippen LogP contribution in [0.2, 0.25) is 0 Å². The second kappa shape index (κ2) is 6.96. The summed E-state index contributed by atoms with van der Waals surface area (Å²) in [5.74, 6) is 0.692. The summed E-state index contributed by atoms with van der Waals surface area (Å²) >= 11 is 0. The zero-order valence-electron chi connectivity index (χ0n) is 16.7.